The number of ether oxygens (including phenoxy) is 1. The van der Waals surface area contributed by atoms with Gasteiger partial charge in [-0.05, 0) is 44.6 Å². The minimum absolute atomic E-state index is 0. The molecule has 2 aromatic rings. The zero-order valence-corrected chi connectivity index (χ0v) is 15.0. The molecule has 5 nitrogen and oxygen atoms in total. The maximum Gasteiger partial charge on any atom is 1.00 e. The molecule has 6 heteroatoms. The molecule has 1 atom stereocenters. The molecule has 0 N–H and O–H groups in total. The second-order valence-electron chi connectivity index (χ2n) is 5.67. The van der Waals surface area contributed by atoms with Gasteiger partial charge in [0.25, 0.3) is 0 Å². The summed E-state index contributed by atoms with van der Waals surface area (Å²) < 4.78 is 10.8. The molecule has 0 aliphatic carbocycles. The quantitative estimate of drug-likeness (QED) is 0.652. The van der Waals surface area contributed by atoms with Gasteiger partial charge in [-0.15, -0.1) is 0 Å². The van der Waals surface area contributed by atoms with Gasteiger partial charge in [0.1, 0.15) is 5.75 Å². The Bertz CT molecular complexity index is 700. The van der Waals surface area contributed by atoms with Gasteiger partial charge in [0.05, 0.1) is 12.6 Å². The molecule has 0 amide bonds. The average Bonchev–Trinajstić information content (AvgIpc) is 2.44. The van der Waals surface area contributed by atoms with Crippen molar-refractivity contribution < 1.29 is 43.8 Å². The van der Waals surface area contributed by atoms with Gasteiger partial charge >= 0.3 is 29.6 Å². The van der Waals surface area contributed by atoms with Crippen LogP contribution in [0.3, 0.4) is 0 Å². The van der Waals surface area contributed by atoms with Gasteiger partial charge in [-0.2, -0.15) is 0 Å². The fraction of sp³-hybridized carbons (Fsp3) is 0.438. The number of rotatable bonds is 3. The van der Waals surface area contributed by atoms with Crippen molar-refractivity contribution >= 4 is 11.0 Å². The van der Waals surface area contributed by atoms with E-state index in [4.69, 9.17) is 9.15 Å². The van der Waals surface area contributed by atoms with Crippen LogP contribution in [0.2, 0.25) is 0 Å². The molecule has 1 aromatic carbocycles. The molecule has 2 heterocycles. The van der Waals surface area contributed by atoms with E-state index in [0.717, 1.165) is 25.6 Å². The van der Waals surface area contributed by atoms with Crippen LogP contribution in [-0.4, -0.2) is 31.6 Å². The Labute approximate surface area is 151 Å². The first kappa shape index (κ1) is 17.3. The van der Waals surface area contributed by atoms with Gasteiger partial charge in [-0.25, -0.2) is 0 Å². The van der Waals surface area contributed by atoms with Crippen LogP contribution in [0.15, 0.2) is 33.5 Å². The van der Waals surface area contributed by atoms with Gasteiger partial charge in [-0.3, -0.25) is 4.79 Å². The molecule has 112 valence electrons. The van der Waals surface area contributed by atoms with Crippen molar-refractivity contribution in [1.82, 2.24) is 4.90 Å². The molecule has 0 spiro atoms. The molecule has 1 aliphatic rings. The molecule has 1 fully saturated rings. The van der Waals surface area contributed by atoms with Crippen LogP contribution in [0.25, 0.3) is 11.0 Å². The Kier molecular flexibility index (Phi) is 5.92. The smallest absolute Gasteiger partial charge is 0.578 e. The summed E-state index contributed by atoms with van der Waals surface area (Å²) >= 11 is 0. The third kappa shape index (κ3) is 4.04. The van der Waals surface area contributed by atoms with E-state index in [-0.39, 0.29) is 40.6 Å². The molecule has 1 saturated heterocycles. The first-order valence-corrected chi connectivity index (χ1v) is 7.18. The van der Waals surface area contributed by atoms with E-state index in [2.05, 4.69) is 11.9 Å². The van der Waals surface area contributed by atoms with Crippen LogP contribution in [-0.2, 0) is 0 Å². The monoisotopic (exact) mass is 311 g/mol. The van der Waals surface area contributed by atoms with E-state index < -0.39 is 5.95 Å². The predicted molar refractivity (Wildman–Crippen MR) is 77.6 cm³/mol. The molecular formula is C16H18NNaO4. The average molecular weight is 311 g/mol. The molecule has 1 aromatic heterocycles. The number of piperidine rings is 1. The Morgan fingerprint density at radius 3 is 3.00 bits per heavy atom. The number of fused-ring (bicyclic) bond motifs is 1. The standard InChI is InChI=1S/C16H19NO4.Na/c1-17-6-2-3-11(9-17)10-20-12-4-5-13-14(18)8-16(19)21-15(13)7-12;/h4-5,7-8,11,19H,2-3,6,9-10H2,1H3;/q;+1/p-1. The Morgan fingerprint density at radius 1 is 1.41 bits per heavy atom. The number of benzene rings is 1. The normalized spacial score (nSPS) is 18.9. The van der Waals surface area contributed by atoms with Crippen LogP contribution in [0.1, 0.15) is 12.8 Å². The van der Waals surface area contributed by atoms with E-state index in [0.29, 0.717) is 23.7 Å². The summed E-state index contributed by atoms with van der Waals surface area (Å²) in [6.07, 6.45) is 2.36. The zero-order valence-electron chi connectivity index (χ0n) is 13.0. The molecule has 0 radical (unpaired) electrons. The predicted octanol–water partition coefficient (Wildman–Crippen LogP) is -1.41. The third-order valence-electron chi connectivity index (χ3n) is 3.89. The first-order valence-electron chi connectivity index (χ1n) is 7.18. The fourth-order valence-corrected chi connectivity index (χ4v) is 2.83. The minimum Gasteiger partial charge on any atom is -0.578 e. The van der Waals surface area contributed by atoms with Crippen molar-refractivity contribution in [3.8, 4) is 11.7 Å². The van der Waals surface area contributed by atoms with Gasteiger partial charge < -0.3 is 19.2 Å². The topological polar surface area (TPSA) is 65.7 Å². The first-order chi connectivity index (χ1) is 10.1. The molecule has 22 heavy (non-hydrogen) atoms. The van der Waals surface area contributed by atoms with Gasteiger partial charge in [0, 0.05) is 29.5 Å². The Hall–Kier alpha value is -1.01. The maximum absolute atomic E-state index is 11.6. The fourth-order valence-electron chi connectivity index (χ4n) is 2.83. The molecule has 0 saturated carbocycles. The summed E-state index contributed by atoms with van der Waals surface area (Å²) in [5.74, 6) is 0.514. The van der Waals surface area contributed by atoms with E-state index >= 15 is 0 Å². The van der Waals surface area contributed by atoms with E-state index in [1.807, 2.05) is 0 Å². The van der Waals surface area contributed by atoms with Crippen LogP contribution in [0, 0.1) is 5.92 Å². The Morgan fingerprint density at radius 2 is 2.23 bits per heavy atom. The summed E-state index contributed by atoms with van der Waals surface area (Å²) in [5, 5.41) is 11.6. The van der Waals surface area contributed by atoms with Crippen molar-refractivity contribution in [2.75, 3.05) is 26.7 Å². The summed E-state index contributed by atoms with van der Waals surface area (Å²) in [6.45, 7) is 2.81. The number of nitrogens with zero attached hydrogens (tertiary/aromatic N) is 1. The van der Waals surface area contributed by atoms with Crippen molar-refractivity contribution in [1.29, 1.82) is 0 Å². The van der Waals surface area contributed by atoms with Crippen LogP contribution < -0.4 is 44.8 Å². The summed E-state index contributed by atoms with van der Waals surface area (Å²) in [5.41, 5.74) is -0.0348. The number of hydrogen-bond donors (Lipinski definition) is 0. The van der Waals surface area contributed by atoms with E-state index in [1.54, 1.807) is 18.2 Å². The van der Waals surface area contributed by atoms with Crippen LogP contribution >= 0.6 is 0 Å². The maximum atomic E-state index is 11.6. The summed E-state index contributed by atoms with van der Waals surface area (Å²) in [4.78, 5) is 14.0. The van der Waals surface area contributed by atoms with Gasteiger partial charge in [0.2, 0.25) is 0 Å². The molecule has 1 unspecified atom stereocenters. The van der Waals surface area contributed by atoms with Crippen molar-refractivity contribution in [2.24, 2.45) is 5.92 Å². The number of likely N-dealkylation sites (tertiary alicyclic amines) is 1. The van der Waals surface area contributed by atoms with Crippen molar-refractivity contribution in [3.63, 3.8) is 0 Å². The van der Waals surface area contributed by atoms with Crippen LogP contribution in [0.4, 0.5) is 0 Å². The third-order valence-corrected chi connectivity index (χ3v) is 3.89. The van der Waals surface area contributed by atoms with E-state index in [1.165, 1.54) is 6.42 Å². The SMILES string of the molecule is CN1CCCC(COc2ccc3c(=O)cc([O-])oc3c2)C1.[Na+]. The largest absolute Gasteiger partial charge is 1.00 e. The summed E-state index contributed by atoms with van der Waals surface area (Å²) in [6, 6.07) is 5.96. The van der Waals surface area contributed by atoms with Gasteiger partial charge in [-0.1, -0.05) is 0 Å². The molecule has 0 bridgehead atoms. The van der Waals surface area contributed by atoms with Crippen molar-refractivity contribution in [3.05, 3.63) is 34.5 Å². The second-order valence-corrected chi connectivity index (χ2v) is 5.67. The number of hydrogen-bond acceptors (Lipinski definition) is 5. The van der Waals surface area contributed by atoms with Crippen LogP contribution in [0.5, 0.6) is 11.7 Å². The molecule has 3 rings (SSSR count). The van der Waals surface area contributed by atoms with E-state index in [9.17, 15) is 9.90 Å². The Balaban J connectivity index is 0.00000176. The van der Waals surface area contributed by atoms with Crippen molar-refractivity contribution in [2.45, 2.75) is 12.8 Å². The summed E-state index contributed by atoms with van der Waals surface area (Å²) in [7, 11) is 2.12. The molecular weight excluding hydrogens is 293 g/mol. The second kappa shape index (κ2) is 7.51. The molecule has 1 aliphatic heterocycles. The minimum atomic E-state index is -0.626. The van der Waals surface area contributed by atoms with Gasteiger partial charge in [0.15, 0.2) is 5.43 Å². The zero-order chi connectivity index (χ0) is 14.8.